The van der Waals surface area contributed by atoms with Crippen LogP contribution in [0.25, 0.3) is 0 Å². The van der Waals surface area contributed by atoms with Gasteiger partial charge in [-0.25, -0.2) is 0 Å². The summed E-state index contributed by atoms with van der Waals surface area (Å²) in [5.41, 5.74) is 1.06. The quantitative estimate of drug-likeness (QED) is 0.799. The first kappa shape index (κ1) is 14.7. The molecule has 1 aliphatic heterocycles. The number of thioether (sulfide) groups is 1. The van der Waals surface area contributed by atoms with Crippen molar-refractivity contribution in [3.05, 3.63) is 47.9 Å². The second-order valence-electron chi connectivity index (χ2n) is 4.79. The number of nitrogens with one attached hydrogen (secondary N) is 2. The van der Waals surface area contributed by atoms with Gasteiger partial charge in [0.05, 0.1) is 24.2 Å². The molecule has 0 saturated carbocycles. The topological polar surface area (TPSA) is 91.6 Å². The smallest absolute Gasteiger partial charge is 0.251 e. The van der Waals surface area contributed by atoms with Crippen LogP contribution in [0, 0.1) is 0 Å². The summed E-state index contributed by atoms with van der Waals surface area (Å²) in [5, 5.41) is 15.2. The summed E-state index contributed by atoms with van der Waals surface area (Å²) in [6.45, 7) is 0.0462. The fourth-order valence-corrected chi connectivity index (χ4v) is 2.89. The number of hydrogen-bond acceptors (Lipinski definition) is 5. The molecular formula is C15H14N2O4S. The SMILES string of the molecule is O=C1CSc2ccc(C(=O)NCC(O)c3ccco3)cc2N1. The molecule has 22 heavy (non-hydrogen) atoms. The van der Waals surface area contributed by atoms with Crippen LogP contribution in [0.15, 0.2) is 45.9 Å². The van der Waals surface area contributed by atoms with Crippen molar-refractivity contribution in [2.45, 2.75) is 11.0 Å². The van der Waals surface area contributed by atoms with Crippen LogP contribution < -0.4 is 10.6 Å². The molecule has 6 nitrogen and oxygen atoms in total. The molecule has 114 valence electrons. The van der Waals surface area contributed by atoms with Gasteiger partial charge in [0.25, 0.3) is 5.91 Å². The zero-order valence-corrected chi connectivity index (χ0v) is 12.4. The molecule has 2 heterocycles. The monoisotopic (exact) mass is 318 g/mol. The number of hydrogen-bond donors (Lipinski definition) is 3. The van der Waals surface area contributed by atoms with Crippen molar-refractivity contribution in [3.8, 4) is 0 Å². The molecule has 7 heteroatoms. The van der Waals surface area contributed by atoms with E-state index in [4.69, 9.17) is 4.42 Å². The molecule has 0 saturated heterocycles. The Balaban J connectivity index is 1.65. The standard InChI is InChI=1S/C15H14N2O4S/c18-11(12-2-1-5-21-12)7-16-15(20)9-3-4-13-10(6-9)17-14(19)8-22-13/h1-6,11,18H,7-8H2,(H,16,20)(H,17,19). The lowest BCUT2D eigenvalue weighted by atomic mass is 10.1. The number of aliphatic hydroxyl groups is 1. The lowest BCUT2D eigenvalue weighted by Gasteiger charge is -2.17. The van der Waals surface area contributed by atoms with E-state index < -0.39 is 6.10 Å². The van der Waals surface area contributed by atoms with Gasteiger partial charge in [0.1, 0.15) is 11.9 Å². The lowest BCUT2D eigenvalue weighted by Crippen LogP contribution is -2.28. The zero-order valence-electron chi connectivity index (χ0n) is 11.5. The minimum Gasteiger partial charge on any atom is -0.467 e. The Kier molecular flexibility index (Phi) is 4.17. The second-order valence-corrected chi connectivity index (χ2v) is 5.81. The van der Waals surface area contributed by atoms with Crippen LogP contribution in [0.1, 0.15) is 22.2 Å². The largest absolute Gasteiger partial charge is 0.467 e. The number of furan rings is 1. The van der Waals surface area contributed by atoms with Crippen LogP contribution in [-0.4, -0.2) is 29.2 Å². The van der Waals surface area contributed by atoms with Crippen molar-refractivity contribution in [3.63, 3.8) is 0 Å². The highest BCUT2D eigenvalue weighted by Crippen LogP contribution is 2.31. The highest BCUT2D eigenvalue weighted by atomic mass is 32.2. The maximum atomic E-state index is 12.1. The Morgan fingerprint density at radius 3 is 3.09 bits per heavy atom. The van der Waals surface area contributed by atoms with Crippen LogP contribution in [0.4, 0.5) is 5.69 Å². The summed E-state index contributed by atoms with van der Waals surface area (Å²) in [4.78, 5) is 24.4. The molecule has 3 N–H and O–H groups in total. The minimum absolute atomic E-state index is 0.0462. The van der Waals surface area contributed by atoms with Crippen LogP contribution in [-0.2, 0) is 4.79 Å². The summed E-state index contributed by atoms with van der Waals surface area (Å²) in [6.07, 6.45) is 0.566. The molecule has 1 aromatic heterocycles. The van der Waals surface area contributed by atoms with E-state index in [-0.39, 0.29) is 18.4 Å². The Morgan fingerprint density at radius 2 is 2.32 bits per heavy atom. The van der Waals surface area contributed by atoms with E-state index in [2.05, 4.69) is 10.6 Å². The van der Waals surface area contributed by atoms with Gasteiger partial charge in [0.15, 0.2) is 0 Å². The van der Waals surface area contributed by atoms with Gasteiger partial charge in [-0.3, -0.25) is 9.59 Å². The molecule has 0 fully saturated rings. The zero-order chi connectivity index (χ0) is 15.5. The van der Waals surface area contributed by atoms with Gasteiger partial charge in [-0.1, -0.05) is 0 Å². The molecule has 1 unspecified atom stereocenters. The average molecular weight is 318 g/mol. The molecule has 0 aliphatic carbocycles. The van der Waals surface area contributed by atoms with Gasteiger partial charge >= 0.3 is 0 Å². The summed E-state index contributed by atoms with van der Waals surface area (Å²) < 4.78 is 5.07. The van der Waals surface area contributed by atoms with Gasteiger partial charge in [-0.2, -0.15) is 0 Å². The van der Waals surface area contributed by atoms with E-state index in [1.807, 2.05) is 0 Å². The Morgan fingerprint density at radius 1 is 1.45 bits per heavy atom. The van der Waals surface area contributed by atoms with E-state index in [0.29, 0.717) is 22.8 Å². The number of carbonyl (C=O) groups excluding carboxylic acids is 2. The highest BCUT2D eigenvalue weighted by Gasteiger charge is 2.18. The number of rotatable bonds is 4. The predicted octanol–water partition coefficient (Wildman–Crippen LogP) is 1.79. The fraction of sp³-hybridized carbons (Fsp3) is 0.200. The fourth-order valence-electron chi connectivity index (χ4n) is 2.10. The molecule has 0 radical (unpaired) electrons. The van der Waals surface area contributed by atoms with Crippen LogP contribution in [0.5, 0.6) is 0 Å². The first-order valence-electron chi connectivity index (χ1n) is 6.70. The summed E-state index contributed by atoms with van der Waals surface area (Å²) in [6, 6.07) is 8.44. The van der Waals surface area contributed by atoms with E-state index in [1.165, 1.54) is 18.0 Å². The third kappa shape index (κ3) is 3.15. The van der Waals surface area contributed by atoms with Crippen molar-refractivity contribution in [2.75, 3.05) is 17.6 Å². The van der Waals surface area contributed by atoms with E-state index in [0.717, 1.165) is 4.90 Å². The number of aliphatic hydroxyl groups excluding tert-OH is 1. The predicted molar refractivity (Wildman–Crippen MR) is 81.8 cm³/mol. The molecule has 0 spiro atoms. The number of fused-ring (bicyclic) bond motifs is 1. The van der Waals surface area contributed by atoms with Crippen molar-refractivity contribution in [2.24, 2.45) is 0 Å². The Labute approximate surface area is 130 Å². The first-order valence-corrected chi connectivity index (χ1v) is 7.68. The van der Waals surface area contributed by atoms with Crippen LogP contribution >= 0.6 is 11.8 Å². The average Bonchev–Trinajstić information content (AvgIpc) is 3.06. The molecule has 3 rings (SSSR count). The normalized spacial score (nSPS) is 14.9. The Bertz CT molecular complexity index is 700. The van der Waals surface area contributed by atoms with E-state index >= 15 is 0 Å². The van der Waals surface area contributed by atoms with Gasteiger partial charge in [0.2, 0.25) is 5.91 Å². The van der Waals surface area contributed by atoms with E-state index in [1.54, 1.807) is 30.3 Å². The first-order chi connectivity index (χ1) is 10.6. The number of anilines is 1. The molecule has 1 aliphatic rings. The van der Waals surface area contributed by atoms with Crippen LogP contribution in [0.2, 0.25) is 0 Å². The van der Waals surface area contributed by atoms with Gasteiger partial charge in [-0.05, 0) is 30.3 Å². The van der Waals surface area contributed by atoms with Gasteiger partial charge in [0, 0.05) is 10.5 Å². The maximum absolute atomic E-state index is 12.1. The lowest BCUT2D eigenvalue weighted by molar-refractivity contribution is -0.113. The Hall–Kier alpha value is -2.25. The molecule has 1 atom stereocenters. The van der Waals surface area contributed by atoms with Gasteiger partial charge in [-0.15, -0.1) is 11.8 Å². The summed E-state index contributed by atoms with van der Waals surface area (Å²) in [7, 11) is 0. The van der Waals surface area contributed by atoms with Crippen molar-refractivity contribution in [1.29, 1.82) is 0 Å². The molecule has 0 bridgehead atoms. The third-order valence-electron chi connectivity index (χ3n) is 3.20. The van der Waals surface area contributed by atoms with Crippen molar-refractivity contribution < 1.29 is 19.1 Å². The minimum atomic E-state index is -0.896. The highest BCUT2D eigenvalue weighted by molar-refractivity contribution is 8.00. The van der Waals surface area contributed by atoms with Crippen LogP contribution in [0.3, 0.4) is 0 Å². The maximum Gasteiger partial charge on any atom is 0.251 e. The molecule has 2 aromatic rings. The second kappa shape index (κ2) is 6.25. The molecule has 1 aromatic carbocycles. The number of carbonyl (C=O) groups is 2. The van der Waals surface area contributed by atoms with Crippen molar-refractivity contribution >= 4 is 29.3 Å². The summed E-state index contributed by atoms with van der Waals surface area (Å²) in [5.74, 6) is 0.379. The number of benzene rings is 1. The van der Waals surface area contributed by atoms with E-state index in [9.17, 15) is 14.7 Å². The molecule has 2 amide bonds. The number of amides is 2. The molecular weight excluding hydrogens is 304 g/mol. The van der Waals surface area contributed by atoms with Crippen molar-refractivity contribution in [1.82, 2.24) is 5.32 Å². The third-order valence-corrected chi connectivity index (χ3v) is 4.28. The van der Waals surface area contributed by atoms with Gasteiger partial charge < -0.3 is 20.2 Å². The summed E-state index contributed by atoms with van der Waals surface area (Å²) >= 11 is 1.44.